The molecule has 4 rings (SSSR count). The van der Waals surface area contributed by atoms with Crippen LogP contribution in [0.25, 0.3) is 0 Å². The number of Topliss-reactive ketones (excluding diaryl/α,β-unsaturated/α-hetero) is 1. The molecule has 0 aromatic heterocycles. The molecule has 0 heterocycles. The summed E-state index contributed by atoms with van der Waals surface area (Å²) in [5.74, 6) is 1.28. The van der Waals surface area contributed by atoms with E-state index in [1.807, 2.05) is 6.08 Å². The van der Waals surface area contributed by atoms with Crippen molar-refractivity contribution in [2.75, 3.05) is 0 Å². The van der Waals surface area contributed by atoms with Gasteiger partial charge in [-0.2, -0.15) is 0 Å². The Bertz CT molecular complexity index is 689. The van der Waals surface area contributed by atoms with Crippen molar-refractivity contribution in [1.82, 2.24) is 0 Å². The Balaban J connectivity index is 1.74. The lowest BCUT2D eigenvalue weighted by Gasteiger charge is -2.58. The topological polar surface area (TPSA) is 54.4 Å². The minimum absolute atomic E-state index is 0.0908. The minimum Gasteiger partial charge on any atom is -0.388 e. The van der Waals surface area contributed by atoms with E-state index in [0.717, 1.165) is 37.7 Å². The van der Waals surface area contributed by atoms with Crippen LogP contribution in [0.4, 0.5) is 0 Å². The zero-order valence-electron chi connectivity index (χ0n) is 15.7. The molecule has 136 valence electrons. The van der Waals surface area contributed by atoms with Crippen LogP contribution in [-0.2, 0) is 9.59 Å². The van der Waals surface area contributed by atoms with E-state index in [1.54, 1.807) is 6.92 Å². The maximum absolute atomic E-state index is 12.3. The van der Waals surface area contributed by atoms with Gasteiger partial charge < -0.3 is 5.11 Å². The lowest BCUT2D eigenvalue weighted by atomic mass is 9.46. The average molecular weight is 342 g/mol. The third-order valence-electron chi connectivity index (χ3n) is 8.42. The number of aliphatic hydroxyl groups is 1. The number of carbonyl (C=O) groups excluding carboxylic acids is 2. The highest BCUT2D eigenvalue weighted by Gasteiger charge is 2.63. The molecule has 0 amide bonds. The van der Waals surface area contributed by atoms with Crippen LogP contribution in [0.5, 0.6) is 0 Å². The second-order valence-corrected chi connectivity index (χ2v) is 9.50. The SMILES string of the molecule is C=C1C(O)[C@H]2[C@@H]3CCC4=CC(=O)CC[C@]4(C)[C@H]3CC[C@]2(C)[C@H]1C(C)=O. The van der Waals surface area contributed by atoms with Crippen molar-refractivity contribution >= 4 is 11.6 Å². The molecule has 0 saturated heterocycles. The molecular formula is C22H30O3. The predicted molar refractivity (Wildman–Crippen MR) is 96.8 cm³/mol. The van der Waals surface area contributed by atoms with Gasteiger partial charge in [0.05, 0.1) is 6.10 Å². The number of ketones is 2. The van der Waals surface area contributed by atoms with Gasteiger partial charge in [0.1, 0.15) is 5.78 Å². The highest BCUT2D eigenvalue weighted by Crippen LogP contribution is 2.67. The molecule has 0 radical (unpaired) electrons. The normalized spacial score (nSPS) is 49.1. The van der Waals surface area contributed by atoms with Crippen LogP contribution in [0.1, 0.15) is 59.3 Å². The van der Waals surface area contributed by atoms with Crippen molar-refractivity contribution in [2.24, 2.45) is 34.5 Å². The molecule has 7 atom stereocenters. The quantitative estimate of drug-likeness (QED) is 0.736. The molecule has 4 aliphatic carbocycles. The smallest absolute Gasteiger partial charge is 0.155 e. The summed E-state index contributed by atoms with van der Waals surface area (Å²) < 4.78 is 0. The summed E-state index contributed by atoms with van der Waals surface area (Å²) >= 11 is 0. The van der Waals surface area contributed by atoms with Crippen LogP contribution >= 0.6 is 0 Å². The van der Waals surface area contributed by atoms with E-state index < -0.39 is 6.10 Å². The van der Waals surface area contributed by atoms with Crippen molar-refractivity contribution in [2.45, 2.75) is 65.4 Å². The fourth-order valence-electron chi connectivity index (χ4n) is 7.32. The Morgan fingerprint density at radius 3 is 2.64 bits per heavy atom. The van der Waals surface area contributed by atoms with Gasteiger partial charge in [-0.1, -0.05) is 26.0 Å². The van der Waals surface area contributed by atoms with Gasteiger partial charge in [-0.05, 0) is 79.3 Å². The first kappa shape index (κ1) is 17.2. The van der Waals surface area contributed by atoms with Crippen molar-refractivity contribution in [3.63, 3.8) is 0 Å². The Labute approximate surface area is 150 Å². The van der Waals surface area contributed by atoms with E-state index in [0.29, 0.717) is 18.3 Å². The lowest BCUT2D eigenvalue weighted by Crippen LogP contribution is -2.52. The second-order valence-electron chi connectivity index (χ2n) is 9.50. The molecule has 0 spiro atoms. The van der Waals surface area contributed by atoms with Crippen LogP contribution in [0.2, 0.25) is 0 Å². The number of allylic oxidation sites excluding steroid dienone is 1. The Kier molecular flexibility index (Phi) is 3.71. The molecule has 4 aliphatic rings. The summed E-state index contributed by atoms with van der Waals surface area (Å²) in [5.41, 5.74) is 2.01. The van der Waals surface area contributed by atoms with Gasteiger partial charge in [0.25, 0.3) is 0 Å². The number of aliphatic hydroxyl groups excluding tert-OH is 1. The van der Waals surface area contributed by atoms with Crippen LogP contribution in [0.15, 0.2) is 23.8 Å². The molecule has 0 aliphatic heterocycles. The van der Waals surface area contributed by atoms with E-state index >= 15 is 0 Å². The molecule has 1 unspecified atom stereocenters. The van der Waals surface area contributed by atoms with Crippen molar-refractivity contribution < 1.29 is 14.7 Å². The molecule has 0 aromatic rings. The first-order chi connectivity index (χ1) is 11.7. The van der Waals surface area contributed by atoms with Crippen molar-refractivity contribution in [1.29, 1.82) is 0 Å². The standard InChI is InChI=1S/C22H30O3/c1-12-18(13(2)23)22(4)10-8-17-16(19(22)20(12)25)6-5-14-11-15(24)7-9-21(14,17)3/h11,16-20,25H,1,5-10H2,2-4H3/t16-,17+,18-,19-,20?,21+,22-/m1/s1. The fraction of sp³-hybridized carbons (Fsp3) is 0.727. The number of rotatable bonds is 1. The minimum atomic E-state index is -0.564. The molecule has 3 nitrogen and oxygen atoms in total. The van der Waals surface area contributed by atoms with Gasteiger partial charge in [-0.3, -0.25) is 9.59 Å². The number of fused-ring (bicyclic) bond motifs is 5. The molecule has 3 saturated carbocycles. The average Bonchev–Trinajstić information content (AvgIpc) is 2.74. The fourth-order valence-corrected chi connectivity index (χ4v) is 7.32. The summed E-state index contributed by atoms with van der Waals surface area (Å²) in [5, 5.41) is 11.0. The molecule has 3 fully saturated rings. The van der Waals surface area contributed by atoms with Crippen LogP contribution in [0.3, 0.4) is 0 Å². The summed E-state index contributed by atoms with van der Waals surface area (Å²) in [7, 11) is 0. The number of carbonyl (C=O) groups is 2. The van der Waals surface area contributed by atoms with E-state index in [-0.39, 0.29) is 34.2 Å². The van der Waals surface area contributed by atoms with Crippen LogP contribution in [0, 0.1) is 34.5 Å². The molecule has 3 heteroatoms. The molecule has 25 heavy (non-hydrogen) atoms. The third kappa shape index (κ3) is 2.14. The maximum atomic E-state index is 12.3. The van der Waals surface area contributed by atoms with Gasteiger partial charge in [0.15, 0.2) is 5.78 Å². The van der Waals surface area contributed by atoms with E-state index in [4.69, 9.17) is 0 Å². The lowest BCUT2D eigenvalue weighted by molar-refractivity contribution is -0.129. The first-order valence-corrected chi connectivity index (χ1v) is 9.81. The van der Waals surface area contributed by atoms with Crippen LogP contribution in [-0.4, -0.2) is 22.8 Å². The zero-order valence-corrected chi connectivity index (χ0v) is 15.7. The largest absolute Gasteiger partial charge is 0.388 e. The van der Waals surface area contributed by atoms with E-state index in [2.05, 4.69) is 20.4 Å². The monoisotopic (exact) mass is 342 g/mol. The third-order valence-corrected chi connectivity index (χ3v) is 8.42. The van der Waals surface area contributed by atoms with Gasteiger partial charge >= 0.3 is 0 Å². The molecule has 1 N–H and O–H groups in total. The van der Waals surface area contributed by atoms with Crippen molar-refractivity contribution in [3.05, 3.63) is 23.8 Å². The maximum Gasteiger partial charge on any atom is 0.155 e. The summed E-state index contributed by atoms with van der Waals surface area (Å²) in [6, 6.07) is 0. The number of hydrogen-bond acceptors (Lipinski definition) is 3. The summed E-state index contributed by atoms with van der Waals surface area (Å²) in [6.45, 7) is 10.3. The van der Waals surface area contributed by atoms with E-state index in [1.165, 1.54) is 5.57 Å². The molecular weight excluding hydrogens is 312 g/mol. The molecule has 0 aromatic carbocycles. The summed E-state index contributed by atoms with van der Waals surface area (Å²) in [6.07, 6.45) is 6.97. The predicted octanol–water partition coefficient (Wildman–Crippen LogP) is 3.86. The van der Waals surface area contributed by atoms with Gasteiger partial charge in [0.2, 0.25) is 0 Å². The Morgan fingerprint density at radius 1 is 1.24 bits per heavy atom. The second kappa shape index (κ2) is 5.39. The Morgan fingerprint density at radius 2 is 1.96 bits per heavy atom. The van der Waals surface area contributed by atoms with Gasteiger partial charge in [0, 0.05) is 12.3 Å². The molecule has 0 bridgehead atoms. The van der Waals surface area contributed by atoms with Gasteiger partial charge in [-0.15, -0.1) is 0 Å². The number of hydrogen-bond donors (Lipinski definition) is 1. The van der Waals surface area contributed by atoms with Crippen LogP contribution < -0.4 is 0 Å². The van der Waals surface area contributed by atoms with E-state index in [9.17, 15) is 14.7 Å². The van der Waals surface area contributed by atoms with Gasteiger partial charge in [-0.25, -0.2) is 0 Å². The summed E-state index contributed by atoms with van der Waals surface area (Å²) in [4.78, 5) is 24.2. The highest BCUT2D eigenvalue weighted by atomic mass is 16.3. The van der Waals surface area contributed by atoms with Crippen molar-refractivity contribution in [3.8, 4) is 0 Å². The Hall–Kier alpha value is -1.22. The first-order valence-electron chi connectivity index (χ1n) is 9.81. The highest BCUT2D eigenvalue weighted by molar-refractivity contribution is 5.91. The zero-order chi connectivity index (χ0) is 18.1.